The number of hydrogen-bond donors (Lipinski definition) is 1. The lowest BCUT2D eigenvalue weighted by atomic mass is 10.3. The molecular weight excluding hydrogens is 297 g/mol. The standard InChI is InChI=1S/C16H18FN5O/c1-11(2)23-8-7-18-15-9-14(17)20-16(21-15)22-10-19-12-5-3-4-6-13(12)22/h3-6,9-11H,7-8H2,1-2H3,(H,18,20,21). The fourth-order valence-corrected chi connectivity index (χ4v) is 2.20. The van der Waals surface area contributed by atoms with E-state index in [1.807, 2.05) is 38.1 Å². The summed E-state index contributed by atoms with van der Waals surface area (Å²) in [5, 5.41) is 3.04. The van der Waals surface area contributed by atoms with E-state index in [1.165, 1.54) is 6.07 Å². The van der Waals surface area contributed by atoms with E-state index < -0.39 is 5.95 Å². The van der Waals surface area contributed by atoms with Crippen LogP contribution in [0.3, 0.4) is 0 Å². The minimum absolute atomic E-state index is 0.159. The maximum Gasteiger partial charge on any atom is 0.240 e. The van der Waals surface area contributed by atoms with Crippen molar-refractivity contribution in [1.29, 1.82) is 0 Å². The van der Waals surface area contributed by atoms with Gasteiger partial charge in [0.2, 0.25) is 11.9 Å². The molecule has 2 heterocycles. The molecule has 0 saturated carbocycles. The van der Waals surface area contributed by atoms with Gasteiger partial charge in [-0.2, -0.15) is 14.4 Å². The van der Waals surface area contributed by atoms with E-state index in [1.54, 1.807) is 10.9 Å². The van der Waals surface area contributed by atoms with Gasteiger partial charge in [-0.3, -0.25) is 4.57 Å². The van der Waals surface area contributed by atoms with E-state index in [2.05, 4.69) is 20.3 Å². The Kier molecular flexibility index (Phi) is 4.47. The summed E-state index contributed by atoms with van der Waals surface area (Å²) in [6.07, 6.45) is 1.75. The zero-order chi connectivity index (χ0) is 16.2. The van der Waals surface area contributed by atoms with E-state index in [4.69, 9.17) is 4.74 Å². The molecule has 3 aromatic rings. The number of imidazole rings is 1. The number of fused-ring (bicyclic) bond motifs is 1. The minimum Gasteiger partial charge on any atom is -0.377 e. The number of para-hydroxylation sites is 2. The van der Waals surface area contributed by atoms with Gasteiger partial charge in [0.05, 0.1) is 23.7 Å². The number of ether oxygens (including phenoxy) is 1. The Balaban J connectivity index is 1.83. The van der Waals surface area contributed by atoms with Gasteiger partial charge < -0.3 is 10.1 Å². The number of nitrogens with zero attached hydrogens (tertiary/aromatic N) is 4. The minimum atomic E-state index is -0.597. The smallest absolute Gasteiger partial charge is 0.240 e. The van der Waals surface area contributed by atoms with E-state index in [0.717, 1.165) is 11.0 Å². The molecule has 23 heavy (non-hydrogen) atoms. The highest BCUT2D eigenvalue weighted by Crippen LogP contribution is 2.17. The van der Waals surface area contributed by atoms with Crippen molar-refractivity contribution in [1.82, 2.24) is 19.5 Å². The van der Waals surface area contributed by atoms with Gasteiger partial charge in [0.1, 0.15) is 12.1 Å². The number of halogens is 1. The molecule has 2 aromatic heterocycles. The van der Waals surface area contributed by atoms with E-state index in [0.29, 0.717) is 19.0 Å². The fourth-order valence-electron chi connectivity index (χ4n) is 2.20. The van der Waals surface area contributed by atoms with Crippen LogP contribution < -0.4 is 5.32 Å². The van der Waals surface area contributed by atoms with Crippen LogP contribution in [0.25, 0.3) is 17.0 Å². The van der Waals surface area contributed by atoms with Gasteiger partial charge >= 0.3 is 0 Å². The SMILES string of the molecule is CC(C)OCCNc1cc(F)nc(-n2cnc3ccccc32)n1. The molecule has 1 N–H and O–H groups in total. The number of hydrogen-bond acceptors (Lipinski definition) is 5. The van der Waals surface area contributed by atoms with Crippen molar-refractivity contribution >= 4 is 16.9 Å². The predicted octanol–water partition coefficient (Wildman–Crippen LogP) is 2.79. The van der Waals surface area contributed by atoms with Gasteiger partial charge in [-0.1, -0.05) is 12.1 Å². The maximum absolute atomic E-state index is 13.8. The van der Waals surface area contributed by atoms with Crippen LogP contribution in [0.1, 0.15) is 13.8 Å². The van der Waals surface area contributed by atoms with Crippen LogP contribution in [0.15, 0.2) is 36.7 Å². The third kappa shape index (κ3) is 3.62. The van der Waals surface area contributed by atoms with Crippen LogP contribution in [-0.2, 0) is 4.74 Å². The molecule has 0 atom stereocenters. The van der Waals surface area contributed by atoms with Crippen molar-refractivity contribution in [3.63, 3.8) is 0 Å². The Morgan fingerprint density at radius 1 is 1.26 bits per heavy atom. The third-order valence-electron chi connectivity index (χ3n) is 3.21. The average Bonchev–Trinajstić information content (AvgIpc) is 2.95. The largest absolute Gasteiger partial charge is 0.377 e. The van der Waals surface area contributed by atoms with Crippen molar-refractivity contribution in [3.05, 3.63) is 42.6 Å². The molecule has 0 spiro atoms. The molecule has 0 bridgehead atoms. The highest BCUT2D eigenvalue weighted by Gasteiger charge is 2.10. The molecule has 0 fully saturated rings. The lowest BCUT2D eigenvalue weighted by molar-refractivity contribution is 0.0870. The van der Waals surface area contributed by atoms with Crippen LogP contribution in [-0.4, -0.2) is 38.8 Å². The number of aromatic nitrogens is 4. The summed E-state index contributed by atoms with van der Waals surface area (Å²) in [6.45, 7) is 4.99. The first-order valence-electron chi connectivity index (χ1n) is 7.46. The number of rotatable bonds is 6. The normalized spacial score (nSPS) is 11.3. The summed E-state index contributed by atoms with van der Waals surface area (Å²) in [6, 6.07) is 8.82. The second-order valence-corrected chi connectivity index (χ2v) is 5.33. The molecule has 1 aromatic carbocycles. The first kappa shape index (κ1) is 15.4. The van der Waals surface area contributed by atoms with Gasteiger partial charge in [-0.15, -0.1) is 0 Å². The molecule has 0 radical (unpaired) electrons. The van der Waals surface area contributed by atoms with Crippen LogP contribution in [0.5, 0.6) is 0 Å². The van der Waals surface area contributed by atoms with Crippen molar-refractivity contribution in [2.45, 2.75) is 20.0 Å². The zero-order valence-corrected chi connectivity index (χ0v) is 13.0. The Morgan fingerprint density at radius 3 is 2.91 bits per heavy atom. The second kappa shape index (κ2) is 6.70. The van der Waals surface area contributed by atoms with E-state index in [9.17, 15) is 4.39 Å². The average molecular weight is 315 g/mol. The van der Waals surface area contributed by atoms with E-state index in [-0.39, 0.29) is 12.1 Å². The number of benzene rings is 1. The van der Waals surface area contributed by atoms with Crippen LogP contribution >= 0.6 is 0 Å². The summed E-state index contributed by atoms with van der Waals surface area (Å²) in [5.41, 5.74) is 1.63. The van der Waals surface area contributed by atoms with Gasteiger partial charge in [0, 0.05) is 12.6 Å². The molecule has 6 nitrogen and oxygen atoms in total. The zero-order valence-electron chi connectivity index (χ0n) is 13.0. The van der Waals surface area contributed by atoms with Gasteiger partial charge in [0.25, 0.3) is 0 Å². The van der Waals surface area contributed by atoms with Crippen molar-refractivity contribution < 1.29 is 9.13 Å². The number of nitrogens with one attached hydrogen (secondary N) is 1. The van der Waals surface area contributed by atoms with Crippen molar-refractivity contribution in [2.75, 3.05) is 18.5 Å². The molecule has 0 saturated heterocycles. The highest BCUT2D eigenvalue weighted by molar-refractivity contribution is 5.76. The van der Waals surface area contributed by atoms with Crippen molar-refractivity contribution in [3.8, 4) is 5.95 Å². The Hall–Kier alpha value is -2.54. The highest BCUT2D eigenvalue weighted by atomic mass is 19.1. The summed E-state index contributed by atoms with van der Waals surface area (Å²) in [5.74, 6) is 0.0590. The molecule has 7 heteroatoms. The monoisotopic (exact) mass is 315 g/mol. The van der Waals surface area contributed by atoms with Crippen molar-refractivity contribution in [2.24, 2.45) is 0 Å². The Labute approximate surface area is 133 Å². The number of anilines is 1. The molecule has 120 valence electrons. The first-order chi connectivity index (χ1) is 11.1. The Bertz CT molecular complexity index is 802. The fraction of sp³-hybridized carbons (Fsp3) is 0.312. The lowest BCUT2D eigenvalue weighted by Gasteiger charge is -2.10. The summed E-state index contributed by atoms with van der Waals surface area (Å²) in [4.78, 5) is 12.5. The summed E-state index contributed by atoms with van der Waals surface area (Å²) >= 11 is 0. The van der Waals surface area contributed by atoms with E-state index >= 15 is 0 Å². The van der Waals surface area contributed by atoms with Crippen LogP contribution in [0.2, 0.25) is 0 Å². The van der Waals surface area contributed by atoms with Crippen LogP contribution in [0.4, 0.5) is 10.2 Å². The molecule has 0 unspecified atom stereocenters. The van der Waals surface area contributed by atoms with Gasteiger partial charge in [-0.05, 0) is 26.0 Å². The molecule has 0 aliphatic carbocycles. The second-order valence-electron chi connectivity index (χ2n) is 5.33. The quantitative estimate of drug-likeness (QED) is 0.560. The Morgan fingerprint density at radius 2 is 2.09 bits per heavy atom. The molecule has 0 amide bonds. The first-order valence-corrected chi connectivity index (χ1v) is 7.46. The summed E-state index contributed by atoms with van der Waals surface area (Å²) in [7, 11) is 0. The molecule has 3 rings (SSSR count). The molecule has 0 aliphatic rings. The maximum atomic E-state index is 13.8. The topological polar surface area (TPSA) is 64.9 Å². The predicted molar refractivity (Wildman–Crippen MR) is 86.2 cm³/mol. The third-order valence-corrected chi connectivity index (χ3v) is 3.21. The van der Waals surface area contributed by atoms with Gasteiger partial charge in [-0.25, -0.2) is 4.98 Å². The molecular formula is C16H18FN5O. The van der Waals surface area contributed by atoms with Gasteiger partial charge in [0.15, 0.2) is 0 Å². The lowest BCUT2D eigenvalue weighted by Crippen LogP contribution is -2.15. The van der Waals surface area contributed by atoms with Crippen LogP contribution in [0, 0.1) is 5.95 Å². The molecule has 0 aliphatic heterocycles. The summed E-state index contributed by atoms with van der Waals surface area (Å²) < 4.78 is 20.9.